The number of ketones is 1. The van der Waals surface area contributed by atoms with Crippen molar-refractivity contribution in [2.45, 2.75) is 25.3 Å². The van der Waals surface area contributed by atoms with Crippen LogP contribution >= 0.6 is 0 Å². The maximum atomic E-state index is 13.9. The number of anilines is 1. The fraction of sp³-hybridized carbons (Fsp3) is 0.133. The van der Waals surface area contributed by atoms with Crippen molar-refractivity contribution in [1.29, 1.82) is 0 Å². The van der Waals surface area contributed by atoms with Crippen molar-refractivity contribution < 1.29 is 18.4 Å². The Labute approximate surface area is 217 Å². The van der Waals surface area contributed by atoms with Gasteiger partial charge < -0.3 is 11.1 Å². The number of fused-ring (bicyclic) bond motifs is 2. The van der Waals surface area contributed by atoms with Crippen LogP contribution in [0.1, 0.15) is 27.9 Å². The molecule has 1 amide bonds. The second kappa shape index (κ2) is 10.7. The van der Waals surface area contributed by atoms with Crippen LogP contribution in [0.15, 0.2) is 85.3 Å². The van der Waals surface area contributed by atoms with Crippen LogP contribution in [0.5, 0.6) is 0 Å². The summed E-state index contributed by atoms with van der Waals surface area (Å²) in [5, 5.41) is 6.27. The molecule has 0 saturated heterocycles. The Kier molecular flexibility index (Phi) is 7.04. The van der Waals surface area contributed by atoms with Gasteiger partial charge in [0.15, 0.2) is 17.4 Å². The molecule has 1 atom stereocenters. The molecule has 2 heterocycles. The van der Waals surface area contributed by atoms with Gasteiger partial charge in [0, 0.05) is 41.3 Å². The second-order valence-electron chi connectivity index (χ2n) is 9.13. The summed E-state index contributed by atoms with van der Waals surface area (Å²) in [6.07, 6.45) is 5.57. The number of nitrogens with zero attached hydrogens (tertiary/aromatic N) is 2. The SMILES string of the molecule is Nc1nccc2cc(CCC(=O)[C@H](Cc3ccc(F)c(F)c3)NC(=O)c3ccc4cnccc4c3)ccc12. The van der Waals surface area contributed by atoms with E-state index in [0.29, 0.717) is 23.4 Å². The molecule has 5 aromatic rings. The van der Waals surface area contributed by atoms with Gasteiger partial charge in [-0.05, 0) is 71.1 Å². The lowest BCUT2D eigenvalue weighted by atomic mass is 9.96. The minimum Gasteiger partial charge on any atom is -0.383 e. The molecular weight excluding hydrogens is 486 g/mol. The van der Waals surface area contributed by atoms with Crippen molar-refractivity contribution in [3.63, 3.8) is 0 Å². The minimum atomic E-state index is -1.01. The smallest absolute Gasteiger partial charge is 0.251 e. The molecule has 0 saturated carbocycles. The van der Waals surface area contributed by atoms with Crippen LogP contribution in [0.25, 0.3) is 21.5 Å². The third-order valence-corrected chi connectivity index (χ3v) is 6.54. The van der Waals surface area contributed by atoms with Gasteiger partial charge >= 0.3 is 0 Å². The first-order valence-corrected chi connectivity index (χ1v) is 12.1. The summed E-state index contributed by atoms with van der Waals surface area (Å²) in [6, 6.07) is 17.1. The molecule has 0 bridgehead atoms. The van der Waals surface area contributed by atoms with Gasteiger partial charge in [0.1, 0.15) is 5.82 Å². The van der Waals surface area contributed by atoms with Crippen LogP contribution in [-0.2, 0) is 17.6 Å². The number of rotatable bonds is 8. The number of carbonyl (C=O) groups excluding carboxylic acids is 2. The molecule has 0 unspecified atom stereocenters. The number of nitrogens with one attached hydrogen (secondary N) is 1. The number of nitrogen functional groups attached to an aromatic ring is 1. The average Bonchev–Trinajstić information content (AvgIpc) is 2.93. The number of hydrogen-bond donors (Lipinski definition) is 2. The van der Waals surface area contributed by atoms with Crippen LogP contribution in [-0.4, -0.2) is 27.7 Å². The molecule has 0 radical (unpaired) electrons. The predicted octanol–water partition coefficient (Wildman–Crippen LogP) is 5.19. The Hall–Kier alpha value is -4.72. The van der Waals surface area contributed by atoms with E-state index in [1.165, 1.54) is 6.07 Å². The lowest BCUT2D eigenvalue weighted by Crippen LogP contribution is -2.42. The molecule has 8 heteroatoms. The fourth-order valence-corrected chi connectivity index (χ4v) is 4.46. The van der Waals surface area contributed by atoms with Gasteiger partial charge in [-0.3, -0.25) is 14.6 Å². The molecule has 0 aliphatic heterocycles. The number of aryl methyl sites for hydroxylation is 1. The maximum absolute atomic E-state index is 13.9. The van der Waals surface area contributed by atoms with Gasteiger partial charge in [-0.1, -0.05) is 30.3 Å². The highest BCUT2D eigenvalue weighted by Gasteiger charge is 2.23. The quantitative estimate of drug-likeness (QED) is 0.300. The Balaban J connectivity index is 1.36. The number of hydrogen-bond acceptors (Lipinski definition) is 5. The molecule has 0 spiro atoms. The lowest BCUT2D eigenvalue weighted by Gasteiger charge is -2.19. The molecule has 190 valence electrons. The molecule has 0 fully saturated rings. The van der Waals surface area contributed by atoms with Crippen LogP contribution in [0, 0.1) is 11.6 Å². The molecule has 6 nitrogen and oxygen atoms in total. The highest BCUT2D eigenvalue weighted by molar-refractivity contribution is 6.01. The lowest BCUT2D eigenvalue weighted by molar-refractivity contribution is -0.120. The van der Waals surface area contributed by atoms with Gasteiger partial charge in [0.05, 0.1) is 6.04 Å². The number of carbonyl (C=O) groups is 2. The topological polar surface area (TPSA) is 98.0 Å². The third kappa shape index (κ3) is 5.49. The molecule has 3 N–H and O–H groups in total. The van der Waals surface area contributed by atoms with E-state index in [4.69, 9.17) is 5.73 Å². The van der Waals surface area contributed by atoms with Gasteiger partial charge in [-0.2, -0.15) is 0 Å². The largest absolute Gasteiger partial charge is 0.383 e. The zero-order valence-corrected chi connectivity index (χ0v) is 20.3. The molecule has 3 aromatic carbocycles. The maximum Gasteiger partial charge on any atom is 0.251 e. The van der Waals surface area contributed by atoms with E-state index in [9.17, 15) is 18.4 Å². The number of benzene rings is 3. The van der Waals surface area contributed by atoms with E-state index < -0.39 is 23.6 Å². The fourth-order valence-electron chi connectivity index (χ4n) is 4.46. The van der Waals surface area contributed by atoms with E-state index in [2.05, 4.69) is 15.3 Å². The number of halogens is 2. The number of amides is 1. The Morgan fingerprint density at radius 2 is 1.66 bits per heavy atom. The van der Waals surface area contributed by atoms with Gasteiger partial charge in [0.2, 0.25) is 0 Å². The van der Waals surface area contributed by atoms with E-state index in [-0.39, 0.29) is 18.6 Å². The Morgan fingerprint density at radius 3 is 2.50 bits per heavy atom. The first-order valence-electron chi connectivity index (χ1n) is 12.1. The second-order valence-corrected chi connectivity index (χ2v) is 9.13. The van der Waals surface area contributed by atoms with Crippen molar-refractivity contribution in [1.82, 2.24) is 15.3 Å². The summed E-state index contributed by atoms with van der Waals surface area (Å²) in [4.78, 5) is 34.6. The minimum absolute atomic E-state index is 0.0270. The van der Waals surface area contributed by atoms with Crippen molar-refractivity contribution in [3.05, 3.63) is 114 Å². The van der Waals surface area contributed by atoms with Crippen LogP contribution in [0.3, 0.4) is 0 Å². The molecule has 2 aromatic heterocycles. The van der Waals surface area contributed by atoms with Crippen molar-refractivity contribution in [2.75, 3.05) is 5.73 Å². The zero-order valence-electron chi connectivity index (χ0n) is 20.3. The summed E-state index contributed by atoms with van der Waals surface area (Å²) in [6.45, 7) is 0. The number of nitrogens with two attached hydrogens (primary N) is 1. The summed E-state index contributed by atoms with van der Waals surface area (Å²) in [7, 11) is 0. The molecule has 0 aliphatic carbocycles. The highest BCUT2D eigenvalue weighted by Crippen LogP contribution is 2.21. The van der Waals surface area contributed by atoms with E-state index in [0.717, 1.165) is 39.2 Å². The van der Waals surface area contributed by atoms with E-state index in [1.807, 2.05) is 24.3 Å². The van der Waals surface area contributed by atoms with Crippen molar-refractivity contribution in [3.8, 4) is 0 Å². The van der Waals surface area contributed by atoms with Gasteiger partial charge in [-0.15, -0.1) is 0 Å². The zero-order chi connectivity index (χ0) is 26.6. The monoisotopic (exact) mass is 510 g/mol. The number of Topliss-reactive ketones (excluding diaryl/α,β-unsaturated/α-hetero) is 1. The summed E-state index contributed by atoms with van der Waals surface area (Å²) < 4.78 is 27.3. The molecular formula is C30H24F2N4O2. The van der Waals surface area contributed by atoms with Crippen LogP contribution in [0.2, 0.25) is 0 Å². The number of aromatic nitrogens is 2. The summed E-state index contributed by atoms with van der Waals surface area (Å²) in [5.41, 5.74) is 7.64. The van der Waals surface area contributed by atoms with E-state index >= 15 is 0 Å². The van der Waals surface area contributed by atoms with Crippen molar-refractivity contribution in [2.24, 2.45) is 0 Å². The van der Waals surface area contributed by atoms with Crippen molar-refractivity contribution >= 4 is 39.1 Å². The Bertz CT molecular complexity index is 1670. The van der Waals surface area contributed by atoms with Gasteiger partial charge in [-0.25, -0.2) is 13.8 Å². The predicted molar refractivity (Wildman–Crippen MR) is 143 cm³/mol. The Morgan fingerprint density at radius 1 is 0.842 bits per heavy atom. The van der Waals surface area contributed by atoms with Gasteiger partial charge in [0.25, 0.3) is 5.91 Å². The molecule has 5 rings (SSSR count). The molecule has 0 aliphatic rings. The standard InChI is InChI=1S/C30H24F2N4O2/c31-25-7-2-19(14-26(25)32)15-27(36-30(38)22-4-5-23-17-34-11-9-20(23)16-22)28(37)8-3-18-1-6-24-21(13-18)10-12-35-29(24)33/h1-2,4-7,9-14,16-17,27H,3,8,15H2,(H2,33,35)(H,36,38)/t27-/m0/s1. The average molecular weight is 511 g/mol. The van der Waals surface area contributed by atoms with E-state index in [1.54, 1.807) is 42.9 Å². The summed E-state index contributed by atoms with van der Waals surface area (Å²) in [5.74, 6) is -2.20. The number of pyridine rings is 2. The highest BCUT2D eigenvalue weighted by atomic mass is 19.2. The molecule has 38 heavy (non-hydrogen) atoms. The summed E-state index contributed by atoms with van der Waals surface area (Å²) >= 11 is 0. The first-order chi connectivity index (χ1) is 18.4. The normalized spacial score (nSPS) is 11.9. The van der Waals surface area contributed by atoms with Crippen LogP contribution < -0.4 is 11.1 Å². The third-order valence-electron chi connectivity index (χ3n) is 6.54. The van der Waals surface area contributed by atoms with Crippen LogP contribution in [0.4, 0.5) is 14.6 Å². The first kappa shape index (κ1) is 25.0.